The molecule has 3 rings (SSSR count). The van der Waals surface area contributed by atoms with Crippen molar-refractivity contribution in [2.75, 3.05) is 39.5 Å². The van der Waals surface area contributed by atoms with E-state index >= 15 is 0 Å². The molecule has 1 aliphatic carbocycles. The second-order valence-corrected chi connectivity index (χ2v) is 7.20. The molecule has 1 unspecified atom stereocenters. The van der Waals surface area contributed by atoms with Crippen molar-refractivity contribution in [1.29, 1.82) is 0 Å². The monoisotopic (exact) mass is 311 g/mol. The Morgan fingerprint density at radius 3 is 2.95 bits per heavy atom. The van der Waals surface area contributed by atoms with Crippen LogP contribution in [0.15, 0.2) is 0 Å². The molecule has 1 spiro atoms. The molecule has 3 aliphatic rings. The summed E-state index contributed by atoms with van der Waals surface area (Å²) >= 11 is 0. The van der Waals surface area contributed by atoms with Crippen LogP contribution < -0.4 is 0 Å². The number of nitrogens with zero attached hydrogens (tertiary/aromatic N) is 1. The quantitative estimate of drug-likeness (QED) is 0.795. The second kappa shape index (κ2) is 6.85. The average molecular weight is 311 g/mol. The molecule has 3 atom stereocenters. The summed E-state index contributed by atoms with van der Waals surface area (Å²) in [6, 6.07) is 0. The molecule has 2 saturated heterocycles. The predicted molar refractivity (Wildman–Crippen MR) is 82.6 cm³/mol. The maximum Gasteiger partial charge on any atom is 0.228 e. The van der Waals surface area contributed by atoms with Gasteiger partial charge in [0.25, 0.3) is 0 Å². The summed E-state index contributed by atoms with van der Waals surface area (Å²) in [7, 11) is 0. The van der Waals surface area contributed by atoms with Gasteiger partial charge >= 0.3 is 0 Å². The van der Waals surface area contributed by atoms with Crippen molar-refractivity contribution >= 4 is 5.91 Å². The van der Waals surface area contributed by atoms with Crippen LogP contribution in [0.2, 0.25) is 0 Å². The van der Waals surface area contributed by atoms with Crippen LogP contribution in [0.1, 0.15) is 39.5 Å². The molecule has 0 aromatic heterocycles. The van der Waals surface area contributed by atoms with Crippen LogP contribution in [0.3, 0.4) is 0 Å². The lowest BCUT2D eigenvalue weighted by atomic mass is 9.88. The van der Waals surface area contributed by atoms with Crippen LogP contribution in [0.25, 0.3) is 0 Å². The zero-order valence-electron chi connectivity index (χ0n) is 13.9. The predicted octanol–water partition coefficient (Wildman–Crippen LogP) is 1.85. The highest BCUT2D eigenvalue weighted by Crippen LogP contribution is 2.41. The third-order valence-electron chi connectivity index (χ3n) is 5.33. The number of hydrogen-bond acceptors (Lipinski definition) is 4. The average Bonchev–Trinajstić information content (AvgIpc) is 3.15. The summed E-state index contributed by atoms with van der Waals surface area (Å²) in [4.78, 5) is 14.7. The number of ether oxygens (including phenoxy) is 3. The molecule has 5 heteroatoms. The van der Waals surface area contributed by atoms with E-state index in [0.717, 1.165) is 45.6 Å². The lowest BCUT2D eigenvalue weighted by Gasteiger charge is -2.44. The summed E-state index contributed by atoms with van der Waals surface area (Å²) < 4.78 is 17.4. The summed E-state index contributed by atoms with van der Waals surface area (Å²) in [5.74, 6) is 0.725. The van der Waals surface area contributed by atoms with E-state index in [1.165, 1.54) is 6.42 Å². The molecular weight excluding hydrogens is 282 g/mol. The van der Waals surface area contributed by atoms with Gasteiger partial charge in [0.15, 0.2) is 0 Å². The Hall–Kier alpha value is -0.650. The molecule has 0 aromatic carbocycles. The van der Waals surface area contributed by atoms with Crippen molar-refractivity contribution in [3.8, 4) is 0 Å². The highest BCUT2D eigenvalue weighted by molar-refractivity contribution is 5.79. The number of morpholine rings is 1. The first-order valence-corrected chi connectivity index (χ1v) is 8.73. The smallest absolute Gasteiger partial charge is 0.228 e. The lowest BCUT2D eigenvalue weighted by molar-refractivity contribution is -0.166. The van der Waals surface area contributed by atoms with Gasteiger partial charge in [0.1, 0.15) is 0 Å². The first kappa shape index (κ1) is 16.2. The van der Waals surface area contributed by atoms with Gasteiger partial charge in [-0.15, -0.1) is 0 Å². The third kappa shape index (κ3) is 3.31. The van der Waals surface area contributed by atoms with Gasteiger partial charge in [0.2, 0.25) is 5.91 Å². The zero-order chi connectivity index (χ0) is 15.6. The first-order valence-electron chi connectivity index (χ1n) is 8.73. The number of rotatable bonds is 4. The SMILES string of the molecule is CC(C)OC[C@@H]1CCC[C@@]12CN(C(=O)C1CCOC1)CCO2. The largest absolute Gasteiger partial charge is 0.381 e. The summed E-state index contributed by atoms with van der Waals surface area (Å²) in [6.07, 6.45) is 4.46. The van der Waals surface area contributed by atoms with Crippen LogP contribution in [0, 0.1) is 11.8 Å². The number of amides is 1. The van der Waals surface area contributed by atoms with E-state index in [2.05, 4.69) is 13.8 Å². The Labute approximate surface area is 133 Å². The van der Waals surface area contributed by atoms with Crippen molar-refractivity contribution in [1.82, 2.24) is 4.90 Å². The maximum atomic E-state index is 12.7. The van der Waals surface area contributed by atoms with Gasteiger partial charge in [0, 0.05) is 19.1 Å². The number of carbonyl (C=O) groups is 1. The Bertz CT molecular complexity index is 394. The fourth-order valence-corrected chi connectivity index (χ4v) is 4.04. The molecule has 1 saturated carbocycles. The Morgan fingerprint density at radius 2 is 2.23 bits per heavy atom. The molecule has 5 nitrogen and oxygen atoms in total. The number of carbonyl (C=O) groups excluding carboxylic acids is 1. The summed E-state index contributed by atoms with van der Waals surface area (Å²) in [5, 5.41) is 0. The molecule has 2 aliphatic heterocycles. The molecule has 126 valence electrons. The van der Waals surface area contributed by atoms with Crippen molar-refractivity contribution in [2.45, 2.75) is 51.2 Å². The van der Waals surface area contributed by atoms with E-state index in [1.54, 1.807) is 0 Å². The lowest BCUT2D eigenvalue weighted by Crippen LogP contribution is -2.57. The van der Waals surface area contributed by atoms with Crippen molar-refractivity contribution < 1.29 is 19.0 Å². The van der Waals surface area contributed by atoms with E-state index in [-0.39, 0.29) is 23.5 Å². The molecule has 3 fully saturated rings. The Balaban J connectivity index is 1.64. The van der Waals surface area contributed by atoms with Crippen molar-refractivity contribution in [3.05, 3.63) is 0 Å². The standard InChI is InChI=1S/C17H29NO4/c1-13(2)21-11-15-4-3-6-17(15)12-18(7-9-22-17)16(19)14-5-8-20-10-14/h13-15H,3-12H2,1-2H3/t14?,15-,17+/m0/s1. The van der Waals surface area contributed by atoms with E-state index in [1.807, 2.05) is 4.90 Å². The van der Waals surface area contributed by atoms with E-state index in [0.29, 0.717) is 19.1 Å². The van der Waals surface area contributed by atoms with Gasteiger partial charge in [-0.05, 0) is 33.1 Å². The van der Waals surface area contributed by atoms with Gasteiger partial charge in [-0.3, -0.25) is 4.79 Å². The second-order valence-electron chi connectivity index (χ2n) is 7.20. The van der Waals surface area contributed by atoms with E-state index in [4.69, 9.17) is 14.2 Å². The van der Waals surface area contributed by atoms with Crippen LogP contribution >= 0.6 is 0 Å². The fraction of sp³-hybridized carbons (Fsp3) is 0.941. The summed E-state index contributed by atoms with van der Waals surface area (Å²) in [5.41, 5.74) is -0.178. The van der Waals surface area contributed by atoms with Crippen molar-refractivity contribution in [2.24, 2.45) is 11.8 Å². The fourth-order valence-electron chi connectivity index (χ4n) is 4.04. The maximum absolute atomic E-state index is 12.7. The minimum atomic E-state index is -0.178. The number of hydrogen-bond donors (Lipinski definition) is 0. The molecular formula is C17H29NO4. The van der Waals surface area contributed by atoms with Crippen molar-refractivity contribution in [3.63, 3.8) is 0 Å². The topological polar surface area (TPSA) is 48.0 Å². The van der Waals surface area contributed by atoms with Crippen LogP contribution in [-0.4, -0.2) is 62.0 Å². The zero-order valence-corrected chi connectivity index (χ0v) is 13.9. The normalized spacial score (nSPS) is 35.7. The van der Waals surface area contributed by atoms with Gasteiger partial charge in [-0.1, -0.05) is 6.42 Å². The van der Waals surface area contributed by atoms with Gasteiger partial charge in [-0.25, -0.2) is 0 Å². The first-order chi connectivity index (χ1) is 10.6. The van der Waals surface area contributed by atoms with Gasteiger partial charge in [-0.2, -0.15) is 0 Å². The highest BCUT2D eigenvalue weighted by Gasteiger charge is 2.48. The molecule has 0 N–H and O–H groups in total. The minimum absolute atomic E-state index is 0.0573. The highest BCUT2D eigenvalue weighted by atomic mass is 16.5. The van der Waals surface area contributed by atoms with Crippen LogP contribution in [-0.2, 0) is 19.0 Å². The van der Waals surface area contributed by atoms with Gasteiger partial charge in [0.05, 0.1) is 44.0 Å². The Morgan fingerprint density at radius 1 is 1.36 bits per heavy atom. The molecule has 0 aromatic rings. The van der Waals surface area contributed by atoms with E-state index in [9.17, 15) is 4.79 Å². The summed E-state index contributed by atoms with van der Waals surface area (Å²) in [6.45, 7) is 8.28. The molecule has 2 heterocycles. The van der Waals surface area contributed by atoms with Gasteiger partial charge < -0.3 is 19.1 Å². The molecule has 1 amide bonds. The molecule has 22 heavy (non-hydrogen) atoms. The molecule has 0 bridgehead atoms. The minimum Gasteiger partial charge on any atom is -0.381 e. The Kier molecular flexibility index (Phi) is 5.05. The van der Waals surface area contributed by atoms with Crippen LogP contribution in [0.5, 0.6) is 0 Å². The third-order valence-corrected chi connectivity index (χ3v) is 5.33. The van der Waals surface area contributed by atoms with E-state index < -0.39 is 0 Å². The molecule has 0 radical (unpaired) electrons. The van der Waals surface area contributed by atoms with Crippen LogP contribution in [0.4, 0.5) is 0 Å².